The van der Waals surface area contributed by atoms with Gasteiger partial charge < -0.3 is 5.11 Å². The number of hydrogen-bond donors (Lipinski definition) is 1. The summed E-state index contributed by atoms with van der Waals surface area (Å²) >= 11 is 1.11. The van der Waals surface area contributed by atoms with Crippen LogP contribution in [0, 0.1) is 19.7 Å². The van der Waals surface area contributed by atoms with E-state index in [9.17, 15) is 9.18 Å². The van der Waals surface area contributed by atoms with Gasteiger partial charge in [-0.2, -0.15) is 0 Å². The highest BCUT2D eigenvalue weighted by atomic mass is 32.2. The van der Waals surface area contributed by atoms with E-state index in [1.807, 2.05) is 6.92 Å². The summed E-state index contributed by atoms with van der Waals surface area (Å²) in [5.41, 5.74) is 2.04. The Bertz CT molecular complexity index is 625. The number of hydrogen-bond acceptors (Lipinski definition) is 3. The molecule has 0 aliphatic heterocycles. The number of rotatable bonds is 4. The zero-order valence-corrected chi connectivity index (χ0v) is 11.4. The Balaban J connectivity index is 2.40. The SMILES string of the molecule is Cc1ccc(-n2c(C)cnc2SCC(=O)O)cc1F. The average Bonchev–Trinajstić information content (AvgIpc) is 2.71. The van der Waals surface area contributed by atoms with E-state index >= 15 is 0 Å². The maximum atomic E-state index is 13.6. The number of halogens is 1. The summed E-state index contributed by atoms with van der Waals surface area (Å²) in [5, 5.41) is 9.25. The van der Waals surface area contributed by atoms with Crippen molar-refractivity contribution >= 4 is 17.7 Å². The Labute approximate surface area is 114 Å². The molecule has 4 nitrogen and oxygen atoms in total. The third kappa shape index (κ3) is 2.96. The maximum Gasteiger partial charge on any atom is 0.313 e. The summed E-state index contributed by atoms with van der Waals surface area (Å²) in [4.78, 5) is 14.8. The second kappa shape index (κ2) is 5.44. The van der Waals surface area contributed by atoms with Crippen LogP contribution < -0.4 is 0 Å². The van der Waals surface area contributed by atoms with Gasteiger partial charge in [0.1, 0.15) is 5.82 Å². The molecular weight excluding hydrogens is 267 g/mol. The van der Waals surface area contributed by atoms with Gasteiger partial charge in [0.05, 0.1) is 11.4 Å². The van der Waals surface area contributed by atoms with E-state index in [2.05, 4.69) is 4.98 Å². The van der Waals surface area contributed by atoms with Crippen molar-refractivity contribution in [1.29, 1.82) is 0 Å². The van der Waals surface area contributed by atoms with Gasteiger partial charge in [-0.3, -0.25) is 9.36 Å². The van der Waals surface area contributed by atoms with Gasteiger partial charge in [0.15, 0.2) is 5.16 Å². The van der Waals surface area contributed by atoms with Crippen molar-refractivity contribution in [3.63, 3.8) is 0 Å². The van der Waals surface area contributed by atoms with Gasteiger partial charge in [0.25, 0.3) is 0 Å². The van der Waals surface area contributed by atoms with Crippen LogP contribution in [0.15, 0.2) is 29.6 Å². The summed E-state index contributed by atoms with van der Waals surface area (Å²) in [7, 11) is 0. The van der Waals surface area contributed by atoms with E-state index in [0.29, 0.717) is 16.4 Å². The third-order valence-corrected chi connectivity index (χ3v) is 3.58. The number of aromatic nitrogens is 2. The minimum Gasteiger partial charge on any atom is -0.481 e. The number of benzene rings is 1. The molecule has 0 unspecified atom stereocenters. The number of aliphatic carboxylic acids is 1. The summed E-state index contributed by atoms with van der Waals surface area (Å²) in [6.07, 6.45) is 1.64. The van der Waals surface area contributed by atoms with Crippen LogP contribution in [0.25, 0.3) is 5.69 Å². The fourth-order valence-corrected chi connectivity index (χ4v) is 2.44. The second-order valence-electron chi connectivity index (χ2n) is 4.13. The molecule has 6 heteroatoms. The van der Waals surface area contributed by atoms with E-state index in [4.69, 9.17) is 5.11 Å². The van der Waals surface area contributed by atoms with Crippen molar-refractivity contribution in [1.82, 2.24) is 9.55 Å². The molecule has 0 bridgehead atoms. The molecule has 0 atom stereocenters. The third-order valence-electron chi connectivity index (χ3n) is 2.64. The molecule has 1 aromatic carbocycles. The van der Waals surface area contributed by atoms with E-state index in [-0.39, 0.29) is 11.6 Å². The number of carbonyl (C=O) groups is 1. The summed E-state index contributed by atoms with van der Waals surface area (Å²) in [5.74, 6) is -1.28. The first-order valence-electron chi connectivity index (χ1n) is 5.64. The molecule has 2 rings (SSSR count). The molecule has 19 heavy (non-hydrogen) atoms. The number of nitrogens with zero attached hydrogens (tertiary/aromatic N) is 2. The fraction of sp³-hybridized carbons (Fsp3) is 0.231. The lowest BCUT2D eigenvalue weighted by Crippen LogP contribution is -2.03. The average molecular weight is 280 g/mol. The first-order chi connectivity index (χ1) is 8.99. The Hall–Kier alpha value is -1.82. The van der Waals surface area contributed by atoms with Crippen LogP contribution in [0.2, 0.25) is 0 Å². The molecule has 0 spiro atoms. The highest BCUT2D eigenvalue weighted by molar-refractivity contribution is 7.99. The van der Waals surface area contributed by atoms with Crippen LogP contribution in [-0.4, -0.2) is 26.4 Å². The monoisotopic (exact) mass is 280 g/mol. The van der Waals surface area contributed by atoms with E-state index < -0.39 is 5.97 Å². The molecule has 0 saturated heterocycles. The van der Waals surface area contributed by atoms with Crippen LogP contribution in [0.3, 0.4) is 0 Å². The summed E-state index contributed by atoms with van der Waals surface area (Å²) < 4.78 is 15.4. The smallest absolute Gasteiger partial charge is 0.313 e. The van der Waals surface area contributed by atoms with Crippen LogP contribution >= 0.6 is 11.8 Å². The molecule has 0 aliphatic rings. The van der Waals surface area contributed by atoms with Crippen LogP contribution in [-0.2, 0) is 4.79 Å². The molecule has 0 fully saturated rings. The van der Waals surface area contributed by atoms with Crippen LogP contribution in [0.1, 0.15) is 11.3 Å². The minimum absolute atomic E-state index is 0.0786. The van der Waals surface area contributed by atoms with Crippen molar-refractivity contribution < 1.29 is 14.3 Å². The molecule has 0 amide bonds. The van der Waals surface area contributed by atoms with Crippen molar-refractivity contribution in [3.8, 4) is 5.69 Å². The number of carboxylic acid groups (broad SMARTS) is 1. The van der Waals surface area contributed by atoms with Gasteiger partial charge in [-0.05, 0) is 31.5 Å². The quantitative estimate of drug-likeness (QED) is 0.875. The molecule has 2 aromatic rings. The standard InChI is InChI=1S/C13H13FN2O2S/c1-8-3-4-10(5-11(8)14)16-9(2)6-15-13(16)19-7-12(17)18/h3-6H,7H2,1-2H3,(H,17,18). The summed E-state index contributed by atoms with van der Waals surface area (Å²) in [6.45, 7) is 3.54. The molecule has 100 valence electrons. The molecular formula is C13H13FN2O2S. The second-order valence-corrected chi connectivity index (χ2v) is 5.08. The molecule has 1 aromatic heterocycles. The molecule has 0 saturated carbocycles. The number of aryl methyl sites for hydroxylation is 2. The van der Waals surface area contributed by atoms with Gasteiger partial charge in [-0.15, -0.1) is 0 Å². The van der Waals surface area contributed by atoms with Crippen molar-refractivity contribution in [2.45, 2.75) is 19.0 Å². The minimum atomic E-state index is -0.910. The Morgan fingerprint density at radius 2 is 2.21 bits per heavy atom. The first-order valence-corrected chi connectivity index (χ1v) is 6.63. The topological polar surface area (TPSA) is 55.1 Å². The number of thioether (sulfide) groups is 1. The highest BCUT2D eigenvalue weighted by Gasteiger charge is 2.12. The Morgan fingerprint density at radius 1 is 1.47 bits per heavy atom. The van der Waals surface area contributed by atoms with Crippen molar-refractivity contribution in [2.75, 3.05) is 5.75 Å². The number of imidazole rings is 1. The fourth-order valence-electron chi connectivity index (χ4n) is 1.68. The normalized spacial score (nSPS) is 10.7. The van der Waals surface area contributed by atoms with Crippen LogP contribution in [0.5, 0.6) is 0 Å². The molecule has 0 radical (unpaired) electrons. The molecule has 0 aliphatic carbocycles. The van der Waals surface area contributed by atoms with Gasteiger partial charge >= 0.3 is 5.97 Å². The predicted octanol–water partition coefficient (Wildman–Crippen LogP) is 2.80. The largest absolute Gasteiger partial charge is 0.481 e. The van der Waals surface area contributed by atoms with Gasteiger partial charge in [-0.25, -0.2) is 9.37 Å². The van der Waals surface area contributed by atoms with Crippen LogP contribution in [0.4, 0.5) is 4.39 Å². The predicted molar refractivity (Wildman–Crippen MR) is 71.4 cm³/mol. The van der Waals surface area contributed by atoms with E-state index in [0.717, 1.165) is 17.5 Å². The Morgan fingerprint density at radius 3 is 2.84 bits per heavy atom. The molecule has 1 N–H and O–H groups in total. The van der Waals surface area contributed by atoms with Gasteiger partial charge in [0, 0.05) is 11.9 Å². The lowest BCUT2D eigenvalue weighted by molar-refractivity contribution is -0.133. The lowest BCUT2D eigenvalue weighted by atomic mass is 10.2. The zero-order valence-electron chi connectivity index (χ0n) is 10.6. The Kier molecular flexibility index (Phi) is 3.90. The van der Waals surface area contributed by atoms with Crippen molar-refractivity contribution in [3.05, 3.63) is 41.5 Å². The van der Waals surface area contributed by atoms with Gasteiger partial charge in [0.2, 0.25) is 0 Å². The zero-order chi connectivity index (χ0) is 14.0. The highest BCUT2D eigenvalue weighted by Crippen LogP contribution is 2.24. The van der Waals surface area contributed by atoms with Crippen molar-refractivity contribution in [2.24, 2.45) is 0 Å². The van der Waals surface area contributed by atoms with E-state index in [1.54, 1.807) is 29.8 Å². The van der Waals surface area contributed by atoms with E-state index in [1.165, 1.54) is 6.07 Å². The lowest BCUT2D eigenvalue weighted by Gasteiger charge is -2.10. The van der Waals surface area contributed by atoms with Gasteiger partial charge in [-0.1, -0.05) is 17.8 Å². The number of carboxylic acids is 1. The first kappa shape index (κ1) is 13.6. The maximum absolute atomic E-state index is 13.6. The summed E-state index contributed by atoms with van der Waals surface area (Å²) in [6, 6.07) is 4.91. The molecule has 1 heterocycles.